The summed E-state index contributed by atoms with van der Waals surface area (Å²) >= 11 is 0. The van der Waals surface area contributed by atoms with Crippen molar-refractivity contribution in [2.75, 3.05) is 12.4 Å². The Morgan fingerprint density at radius 2 is 1.56 bits per heavy atom. The van der Waals surface area contributed by atoms with Crippen molar-refractivity contribution in [1.82, 2.24) is 4.90 Å². The first-order valence-electron chi connectivity index (χ1n) is 11.1. The number of carbonyl (C=O) groups excluding carboxylic acids is 3. The normalized spacial score (nSPS) is 26.7. The van der Waals surface area contributed by atoms with Crippen LogP contribution in [0, 0.1) is 23.7 Å². The Hall–Kier alpha value is -3.41. The van der Waals surface area contributed by atoms with Crippen LogP contribution in [0.1, 0.15) is 30.9 Å². The first-order chi connectivity index (χ1) is 15.6. The highest BCUT2D eigenvalue weighted by Crippen LogP contribution is 2.51. The van der Waals surface area contributed by atoms with Crippen LogP contribution in [0.25, 0.3) is 0 Å². The lowest BCUT2D eigenvalue weighted by atomic mass is 9.63. The summed E-state index contributed by atoms with van der Waals surface area (Å²) in [5.74, 6) is -0.366. The van der Waals surface area contributed by atoms with Crippen LogP contribution in [-0.2, 0) is 14.4 Å². The van der Waals surface area contributed by atoms with Gasteiger partial charge >= 0.3 is 0 Å². The SMILES string of the molecule is COc1ccccc1NC(=O)C[C@H](c1ccccc1)N1C(=O)[C@@H]2[C@@H](C1=O)[C@H]1C=C[C@H]2CC1. The van der Waals surface area contributed by atoms with Gasteiger partial charge in [0.25, 0.3) is 0 Å². The number of hydrogen-bond acceptors (Lipinski definition) is 4. The van der Waals surface area contributed by atoms with Gasteiger partial charge in [-0.15, -0.1) is 0 Å². The van der Waals surface area contributed by atoms with Gasteiger partial charge in [0.05, 0.1) is 37.1 Å². The molecule has 2 aromatic carbocycles. The first-order valence-corrected chi connectivity index (χ1v) is 11.1. The molecule has 6 heteroatoms. The molecule has 2 fully saturated rings. The van der Waals surface area contributed by atoms with E-state index in [0.29, 0.717) is 11.4 Å². The lowest BCUT2D eigenvalue weighted by Crippen LogP contribution is -2.38. The van der Waals surface area contributed by atoms with Crippen LogP contribution in [0.4, 0.5) is 5.69 Å². The maximum absolute atomic E-state index is 13.5. The average Bonchev–Trinajstić information content (AvgIpc) is 3.11. The van der Waals surface area contributed by atoms with Crippen LogP contribution in [0.3, 0.4) is 0 Å². The van der Waals surface area contributed by atoms with Crippen LogP contribution in [-0.4, -0.2) is 29.7 Å². The van der Waals surface area contributed by atoms with Crippen molar-refractivity contribution < 1.29 is 19.1 Å². The topological polar surface area (TPSA) is 75.7 Å². The number of imide groups is 1. The van der Waals surface area contributed by atoms with Gasteiger partial charge in [-0.25, -0.2) is 0 Å². The molecule has 164 valence electrons. The van der Waals surface area contributed by atoms with Crippen molar-refractivity contribution in [1.29, 1.82) is 0 Å². The molecule has 0 unspecified atom stereocenters. The Bertz CT molecular complexity index is 1050. The highest BCUT2D eigenvalue weighted by Gasteiger charge is 2.58. The van der Waals surface area contributed by atoms with E-state index in [2.05, 4.69) is 17.5 Å². The van der Waals surface area contributed by atoms with Crippen LogP contribution in [0.5, 0.6) is 5.75 Å². The number of benzene rings is 2. The second-order valence-electron chi connectivity index (χ2n) is 8.77. The zero-order valence-corrected chi connectivity index (χ0v) is 17.9. The molecule has 1 aliphatic heterocycles. The highest BCUT2D eigenvalue weighted by atomic mass is 16.5. The molecule has 0 radical (unpaired) electrons. The van der Waals surface area contributed by atoms with Crippen molar-refractivity contribution in [3.8, 4) is 5.75 Å². The molecule has 6 rings (SSSR count). The molecule has 1 N–H and O–H groups in total. The Morgan fingerprint density at radius 3 is 2.16 bits per heavy atom. The molecule has 2 bridgehead atoms. The molecule has 1 saturated carbocycles. The summed E-state index contributed by atoms with van der Waals surface area (Å²) in [7, 11) is 1.55. The summed E-state index contributed by atoms with van der Waals surface area (Å²) in [6.07, 6.45) is 6.09. The Kier molecular flexibility index (Phi) is 5.29. The molecular weight excluding hydrogens is 404 g/mol. The van der Waals surface area contributed by atoms with Crippen molar-refractivity contribution in [2.45, 2.75) is 25.3 Å². The second kappa shape index (κ2) is 8.26. The van der Waals surface area contributed by atoms with Crippen molar-refractivity contribution in [3.63, 3.8) is 0 Å². The number of likely N-dealkylation sites (tertiary alicyclic amines) is 1. The van der Waals surface area contributed by atoms with Crippen molar-refractivity contribution in [3.05, 3.63) is 72.3 Å². The lowest BCUT2D eigenvalue weighted by molar-refractivity contribution is -0.143. The average molecular weight is 431 g/mol. The molecule has 1 heterocycles. The van der Waals surface area contributed by atoms with Crippen molar-refractivity contribution in [2.24, 2.45) is 23.7 Å². The maximum atomic E-state index is 13.5. The Morgan fingerprint density at radius 1 is 0.969 bits per heavy atom. The van der Waals surface area contributed by atoms with Crippen molar-refractivity contribution >= 4 is 23.4 Å². The minimum Gasteiger partial charge on any atom is -0.495 e. The number of ether oxygens (including phenoxy) is 1. The third-order valence-electron chi connectivity index (χ3n) is 7.05. The van der Waals surface area contributed by atoms with E-state index in [-0.39, 0.29) is 47.8 Å². The Labute approximate surface area is 187 Å². The second-order valence-corrected chi connectivity index (χ2v) is 8.77. The zero-order chi connectivity index (χ0) is 22.2. The van der Waals surface area contributed by atoms with E-state index in [4.69, 9.17) is 4.74 Å². The largest absolute Gasteiger partial charge is 0.495 e. The smallest absolute Gasteiger partial charge is 0.234 e. The predicted molar refractivity (Wildman–Crippen MR) is 120 cm³/mol. The molecule has 6 nitrogen and oxygen atoms in total. The van der Waals surface area contributed by atoms with E-state index in [0.717, 1.165) is 18.4 Å². The lowest BCUT2D eigenvalue weighted by Gasteiger charge is -2.38. The number of amides is 3. The molecule has 0 aromatic heterocycles. The number of rotatable bonds is 6. The van der Waals surface area contributed by atoms with Crippen LogP contribution in [0.15, 0.2) is 66.7 Å². The molecule has 1 saturated heterocycles. The quantitative estimate of drug-likeness (QED) is 0.556. The molecule has 4 aliphatic rings. The molecule has 32 heavy (non-hydrogen) atoms. The Balaban J connectivity index is 1.44. The standard InChI is InChI=1S/C26H26N2O4/c1-32-21-10-6-5-9-19(21)27-22(29)15-20(16-7-3-2-4-8-16)28-25(30)23-17-11-12-18(14-13-17)24(23)26(28)31/h2-12,17-18,20,23-24H,13-15H2,1H3,(H,27,29)/t17-,18-,20+,23-,24-/m0/s1. The summed E-state index contributed by atoms with van der Waals surface area (Å²) in [5, 5.41) is 2.88. The molecule has 5 atom stereocenters. The zero-order valence-electron chi connectivity index (χ0n) is 17.9. The molecule has 3 aliphatic carbocycles. The third-order valence-corrected chi connectivity index (χ3v) is 7.05. The van der Waals surface area contributed by atoms with Gasteiger partial charge in [-0.1, -0.05) is 54.6 Å². The van der Waals surface area contributed by atoms with Gasteiger partial charge in [0.1, 0.15) is 5.75 Å². The highest BCUT2D eigenvalue weighted by molar-refractivity contribution is 6.07. The van der Waals surface area contributed by atoms with Crippen LogP contribution >= 0.6 is 0 Å². The number of nitrogens with one attached hydrogen (secondary N) is 1. The fraction of sp³-hybridized carbons (Fsp3) is 0.346. The summed E-state index contributed by atoms with van der Waals surface area (Å²) in [6.45, 7) is 0. The van der Waals surface area contributed by atoms with Gasteiger partial charge in [-0.3, -0.25) is 19.3 Å². The molecule has 2 aromatic rings. The number of allylic oxidation sites excluding steroid dienone is 2. The maximum Gasteiger partial charge on any atom is 0.234 e. The number of para-hydroxylation sites is 2. The number of nitrogens with zero attached hydrogens (tertiary/aromatic N) is 1. The van der Waals surface area contributed by atoms with Gasteiger partial charge < -0.3 is 10.1 Å². The fourth-order valence-electron chi connectivity index (χ4n) is 5.56. The van der Waals surface area contributed by atoms with Gasteiger partial charge in [0.2, 0.25) is 17.7 Å². The van der Waals surface area contributed by atoms with E-state index in [9.17, 15) is 14.4 Å². The summed E-state index contributed by atoms with van der Waals surface area (Å²) in [4.78, 5) is 41.5. The number of anilines is 1. The third kappa shape index (κ3) is 3.40. The number of fused-ring (bicyclic) bond motifs is 1. The fourth-order valence-corrected chi connectivity index (χ4v) is 5.56. The van der Waals surface area contributed by atoms with E-state index < -0.39 is 6.04 Å². The number of carbonyl (C=O) groups is 3. The van der Waals surface area contributed by atoms with E-state index >= 15 is 0 Å². The molecule has 0 spiro atoms. The van der Waals surface area contributed by atoms with E-state index in [1.54, 1.807) is 19.2 Å². The summed E-state index contributed by atoms with van der Waals surface area (Å²) < 4.78 is 5.32. The van der Waals surface area contributed by atoms with Gasteiger partial charge in [0, 0.05) is 0 Å². The van der Waals surface area contributed by atoms with E-state index in [1.165, 1.54) is 4.90 Å². The van der Waals surface area contributed by atoms with Crippen LogP contribution in [0.2, 0.25) is 0 Å². The summed E-state index contributed by atoms with van der Waals surface area (Å²) in [5.41, 5.74) is 1.34. The van der Waals surface area contributed by atoms with Gasteiger partial charge in [0.15, 0.2) is 0 Å². The first kappa shape index (κ1) is 20.5. The number of hydrogen-bond donors (Lipinski definition) is 1. The predicted octanol–water partition coefficient (Wildman–Crippen LogP) is 3.96. The van der Waals surface area contributed by atoms with Gasteiger partial charge in [-0.05, 0) is 42.4 Å². The monoisotopic (exact) mass is 430 g/mol. The number of methoxy groups -OCH3 is 1. The minimum absolute atomic E-state index is 0.0122. The minimum atomic E-state index is -0.643. The summed E-state index contributed by atoms with van der Waals surface area (Å²) in [6, 6.07) is 15.9. The molecular formula is C26H26N2O4. The molecule has 3 amide bonds. The van der Waals surface area contributed by atoms with E-state index in [1.807, 2.05) is 42.5 Å². The van der Waals surface area contributed by atoms with Crippen LogP contribution < -0.4 is 10.1 Å². The van der Waals surface area contributed by atoms with Gasteiger partial charge in [-0.2, -0.15) is 0 Å².